The van der Waals surface area contributed by atoms with Crippen LogP contribution in [0.4, 0.5) is 5.82 Å². The van der Waals surface area contributed by atoms with Crippen LogP contribution in [0.3, 0.4) is 0 Å². The van der Waals surface area contributed by atoms with Crippen LogP contribution >= 0.6 is 0 Å². The summed E-state index contributed by atoms with van der Waals surface area (Å²) in [7, 11) is 0. The third-order valence-corrected chi connectivity index (χ3v) is 4.96. The smallest absolute Gasteiger partial charge is 0.171 e. The maximum Gasteiger partial charge on any atom is 0.171 e. The first-order valence-electron chi connectivity index (χ1n) is 9.29. The zero-order valence-corrected chi connectivity index (χ0v) is 16.4. The zero-order valence-electron chi connectivity index (χ0n) is 16.4. The van der Waals surface area contributed by atoms with Gasteiger partial charge >= 0.3 is 0 Å². The number of hydrogen-bond acceptors (Lipinski definition) is 3. The molecule has 0 spiro atoms. The molecule has 4 heteroatoms. The van der Waals surface area contributed by atoms with E-state index in [-0.39, 0.29) is 11.7 Å². The molecule has 1 aromatic heterocycles. The van der Waals surface area contributed by atoms with Crippen molar-refractivity contribution in [2.24, 2.45) is 5.92 Å². The van der Waals surface area contributed by atoms with E-state index in [0.29, 0.717) is 11.4 Å². The predicted octanol–water partition coefficient (Wildman–Crippen LogP) is 5.09. The van der Waals surface area contributed by atoms with E-state index >= 15 is 0 Å². The number of aromatic nitrogens is 2. The second-order valence-corrected chi connectivity index (χ2v) is 7.12. The van der Waals surface area contributed by atoms with Gasteiger partial charge in [-0.3, -0.25) is 4.79 Å². The lowest BCUT2D eigenvalue weighted by molar-refractivity contribution is 0.0908. The number of anilines is 1. The molecular weight excluding hydrogens is 310 g/mol. The maximum absolute atomic E-state index is 13.1. The Bertz CT molecular complexity index is 751. The van der Waals surface area contributed by atoms with Gasteiger partial charge in [-0.15, -0.1) is 0 Å². The Morgan fingerprint density at radius 3 is 2.28 bits per heavy atom. The molecule has 2 aromatic rings. The van der Waals surface area contributed by atoms with Crippen molar-refractivity contribution < 1.29 is 4.79 Å². The van der Waals surface area contributed by atoms with Crippen LogP contribution in [0.2, 0.25) is 0 Å². The number of nitrogen functional groups attached to an aromatic ring is 1. The summed E-state index contributed by atoms with van der Waals surface area (Å²) in [5, 5.41) is 4.62. The second-order valence-electron chi connectivity index (χ2n) is 7.12. The Labute approximate surface area is 151 Å². The van der Waals surface area contributed by atoms with Crippen LogP contribution < -0.4 is 5.73 Å². The third kappa shape index (κ3) is 3.78. The van der Waals surface area contributed by atoms with E-state index in [4.69, 9.17) is 5.73 Å². The predicted molar refractivity (Wildman–Crippen MR) is 105 cm³/mol. The van der Waals surface area contributed by atoms with Crippen LogP contribution in [0.5, 0.6) is 0 Å². The number of carbonyl (C=O) groups excluding carboxylic acids is 1. The lowest BCUT2D eigenvalue weighted by Gasteiger charge is -2.15. The summed E-state index contributed by atoms with van der Waals surface area (Å²) < 4.78 is 1.75. The normalized spacial score (nSPS) is 12.4. The molecule has 136 valence electrons. The first-order valence-corrected chi connectivity index (χ1v) is 9.29. The van der Waals surface area contributed by atoms with Gasteiger partial charge in [0.15, 0.2) is 5.78 Å². The molecule has 4 nitrogen and oxygen atoms in total. The molecule has 0 aliphatic carbocycles. The average molecular weight is 341 g/mol. The molecule has 1 heterocycles. The van der Waals surface area contributed by atoms with Crippen LogP contribution in [-0.2, 0) is 0 Å². The highest BCUT2D eigenvalue weighted by Crippen LogP contribution is 2.29. The van der Waals surface area contributed by atoms with Gasteiger partial charge in [0.2, 0.25) is 0 Å². The summed E-state index contributed by atoms with van der Waals surface area (Å²) in [5.74, 6) is 0.630. The molecule has 0 aliphatic heterocycles. The molecule has 0 bridgehead atoms. The fourth-order valence-electron chi connectivity index (χ4n) is 3.70. The Balaban J connectivity index is 2.50. The number of carbonyl (C=O) groups is 1. The summed E-state index contributed by atoms with van der Waals surface area (Å²) in [4.78, 5) is 13.1. The van der Waals surface area contributed by atoms with Gasteiger partial charge in [-0.2, -0.15) is 5.10 Å². The molecule has 0 fully saturated rings. The maximum atomic E-state index is 13.1. The number of hydrogen-bond donors (Lipinski definition) is 1. The molecule has 1 unspecified atom stereocenters. The van der Waals surface area contributed by atoms with Gasteiger partial charge in [0, 0.05) is 5.92 Å². The Morgan fingerprint density at radius 1 is 1.16 bits per heavy atom. The van der Waals surface area contributed by atoms with Gasteiger partial charge < -0.3 is 5.73 Å². The van der Waals surface area contributed by atoms with E-state index in [1.54, 1.807) is 4.68 Å². The highest BCUT2D eigenvalue weighted by atomic mass is 16.1. The number of unbranched alkanes of at least 4 members (excludes halogenated alkanes) is 1. The molecule has 0 amide bonds. The number of nitrogens with two attached hydrogens (primary N) is 1. The number of benzene rings is 1. The monoisotopic (exact) mass is 341 g/mol. The molecular formula is C21H31N3O. The van der Waals surface area contributed by atoms with Gasteiger partial charge in [0.1, 0.15) is 5.82 Å². The fourth-order valence-corrected chi connectivity index (χ4v) is 3.70. The molecule has 1 atom stereocenters. The van der Waals surface area contributed by atoms with E-state index in [0.717, 1.165) is 48.2 Å². The minimum atomic E-state index is 0.0267. The molecule has 0 saturated carbocycles. The quantitative estimate of drug-likeness (QED) is 0.714. The van der Waals surface area contributed by atoms with E-state index < -0.39 is 0 Å². The second kappa shape index (κ2) is 7.85. The lowest BCUT2D eigenvalue weighted by Crippen LogP contribution is -2.16. The Kier molecular flexibility index (Phi) is 6.04. The highest BCUT2D eigenvalue weighted by molar-refractivity contribution is 6.03. The number of aryl methyl sites for hydroxylation is 4. The summed E-state index contributed by atoms with van der Waals surface area (Å²) in [6.07, 6.45) is 3.91. The number of ketones is 1. The minimum absolute atomic E-state index is 0.0267. The highest BCUT2D eigenvalue weighted by Gasteiger charge is 2.26. The van der Waals surface area contributed by atoms with Crippen LogP contribution in [0.1, 0.15) is 72.3 Å². The van der Waals surface area contributed by atoms with E-state index in [2.05, 4.69) is 51.9 Å². The van der Waals surface area contributed by atoms with E-state index in [9.17, 15) is 4.79 Å². The van der Waals surface area contributed by atoms with Crippen LogP contribution in [0.15, 0.2) is 12.1 Å². The van der Waals surface area contributed by atoms with Gasteiger partial charge in [0.05, 0.1) is 16.9 Å². The molecule has 25 heavy (non-hydrogen) atoms. The molecule has 2 rings (SSSR count). The van der Waals surface area contributed by atoms with Crippen molar-refractivity contribution in [1.29, 1.82) is 0 Å². The van der Waals surface area contributed by atoms with Crippen LogP contribution in [-0.4, -0.2) is 15.6 Å². The molecule has 0 saturated heterocycles. The van der Waals surface area contributed by atoms with Gasteiger partial charge in [-0.25, -0.2) is 4.68 Å². The van der Waals surface area contributed by atoms with Crippen molar-refractivity contribution in [3.63, 3.8) is 0 Å². The number of Topliss-reactive ketones (excluding diaryl/α,β-unsaturated/α-hetero) is 1. The largest absolute Gasteiger partial charge is 0.383 e. The summed E-state index contributed by atoms with van der Waals surface area (Å²) in [6, 6.07) is 4.24. The SMILES string of the molecule is CCCCC(CC)C(=O)c1c(C)nn(-c2c(C)cc(C)cc2C)c1N. The fraction of sp³-hybridized carbons (Fsp3) is 0.524. The van der Waals surface area contributed by atoms with Crippen molar-refractivity contribution in [1.82, 2.24) is 9.78 Å². The summed E-state index contributed by atoms with van der Waals surface area (Å²) in [5.41, 5.74) is 12.2. The van der Waals surface area contributed by atoms with Gasteiger partial charge in [-0.05, 0) is 51.7 Å². The standard InChI is InChI=1S/C21H31N3O/c1-7-9-10-17(8-2)20(25)18-16(6)23-24(21(18)22)19-14(4)11-13(3)12-15(19)5/h11-12,17H,7-10,22H2,1-6H3. The number of nitrogens with zero attached hydrogens (tertiary/aromatic N) is 2. The number of rotatable bonds is 7. The Morgan fingerprint density at radius 2 is 1.76 bits per heavy atom. The van der Waals surface area contributed by atoms with Crippen molar-refractivity contribution in [2.75, 3.05) is 5.73 Å². The lowest BCUT2D eigenvalue weighted by atomic mass is 9.90. The topological polar surface area (TPSA) is 60.9 Å². The van der Waals surface area contributed by atoms with E-state index in [1.165, 1.54) is 5.56 Å². The van der Waals surface area contributed by atoms with Crippen LogP contribution in [0, 0.1) is 33.6 Å². The molecule has 2 N–H and O–H groups in total. The summed E-state index contributed by atoms with van der Waals surface area (Å²) >= 11 is 0. The van der Waals surface area contributed by atoms with Crippen molar-refractivity contribution >= 4 is 11.6 Å². The van der Waals surface area contributed by atoms with E-state index in [1.807, 2.05) is 6.92 Å². The first-order chi connectivity index (χ1) is 11.8. The zero-order chi connectivity index (χ0) is 18.7. The molecule has 1 aromatic carbocycles. The van der Waals surface area contributed by atoms with Crippen molar-refractivity contribution in [3.05, 3.63) is 40.1 Å². The van der Waals surface area contributed by atoms with Gasteiger partial charge in [0.25, 0.3) is 0 Å². The molecule has 0 radical (unpaired) electrons. The average Bonchev–Trinajstić information content (AvgIpc) is 2.81. The molecule has 0 aliphatic rings. The summed E-state index contributed by atoms with van der Waals surface area (Å²) in [6.45, 7) is 12.3. The van der Waals surface area contributed by atoms with Crippen LogP contribution in [0.25, 0.3) is 5.69 Å². The minimum Gasteiger partial charge on any atom is -0.383 e. The first kappa shape index (κ1) is 19.2. The Hall–Kier alpha value is -2.10. The van der Waals surface area contributed by atoms with Gasteiger partial charge in [-0.1, -0.05) is 44.4 Å². The third-order valence-electron chi connectivity index (χ3n) is 4.96. The van der Waals surface area contributed by atoms with Crippen molar-refractivity contribution in [2.45, 2.75) is 67.2 Å². The van der Waals surface area contributed by atoms with Crippen molar-refractivity contribution in [3.8, 4) is 5.69 Å².